The van der Waals surface area contributed by atoms with Crippen LogP contribution in [0.1, 0.15) is 109 Å². The summed E-state index contributed by atoms with van der Waals surface area (Å²) >= 11 is 0. The molecule has 4 atom stereocenters. The van der Waals surface area contributed by atoms with Gasteiger partial charge in [-0.05, 0) is 33.1 Å². The Morgan fingerprint density at radius 1 is 0.521 bits per heavy atom. The largest absolute Gasteiger partial charge is 0.453 e. The molecule has 4 aromatic rings. The van der Waals surface area contributed by atoms with Crippen LogP contribution in [0.3, 0.4) is 0 Å². The van der Waals surface area contributed by atoms with E-state index in [4.69, 9.17) is 18.9 Å². The van der Waals surface area contributed by atoms with E-state index in [1.807, 2.05) is 0 Å². The van der Waals surface area contributed by atoms with Crippen molar-refractivity contribution in [2.45, 2.75) is 89.6 Å². The highest BCUT2D eigenvalue weighted by atomic mass is 16.7. The molecule has 4 aromatic carbocycles. The molecule has 10 nitrogen and oxygen atoms in total. The molecule has 10 rings (SSSR count). The summed E-state index contributed by atoms with van der Waals surface area (Å²) in [6.45, 7) is 12.8. The van der Waals surface area contributed by atoms with Crippen LogP contribution in [0.15, 0.2) is 48.5 Å². The van der Waals surface area contributed by atoms with Gasteiger partial charge in [0.2, 0.25) is 0 Å². The van der Waals surface area contributed by atoms with E-state index >= 15 is 0 Å². The van der Waals surface area contributed by atoms with Crippen LogP contribution < -0.4 is 18.9 Å². The number of benzene rings is 4. The second kappa shape index (κ2) is 9.27. The van der Waals surface area contributed by atoms with Crippen LogP contribution in [-0.2, 0) is 23.7 Å². The molecule has 0 aliphatic carbocycles. The molecule has 10 heteroatoms. The number of nitro benzene ring substituents is 2. The van der Waals surface area contributed by atoms with Gasteiger partial charge in [0.1, 0.15) is 23.0 Å². The number of non-ortho nitro benzene ring substituents is 2. The van der Waals surface area contributed by atoms with Crippen LogP contribution in [0, 0.1) is 20.2 Å². The zero-order chi connectivity index (χ0) is 33.6. The molecular formula is C38H34N2O8. The van der Waals surface area contributed by atoms with Gasteiger partial charge in [-0.15, -0.1) is 0 Å². The van der Waals surface area contributed by atoms with E-state index in [1.54, 1.807) is 24.3 Å². The maximum Gasteiger partial charge on any atom is 0.270 e. The molecule has 0 saturated heterocycles. The summed E-state index contributed by atoms with van der Waals surface area (Å²) in [7, 11) is 0. The van der Waals surface area contributed by atoms with Gasteiger partial charge in [-0.3, -0.25) is 20.2 Å². The van der Waals surface area contributed by atoms with Crippen molar-refractivity contribution in [3.8, 4) is 23.0 Å². The fraction of sp³-hybridized carbons (Fsp3) is 0.368. The molecule has 6 aliphatic rings. The normalized spacial score (nSPS) is 22.0. The highest BCUT2D eigenvalue weighted by molar-refractivity contribution is 5.67. The first-order valence-corrected chi connectivity index (χ1v) is 16.3. The number of ether oxygens (including phenoxy) is 4. The average Bonchev–Trinajstić information content (AvgIpc) is 3.73. The van der Waals surface area contributed by atoms with Crippen molar-refractivity contribution in [1.29, 1.82) is 0 Å². The molecule has 48 heavy (non-hydrogen) atoms. The van der Waals surface area contributed by atoms with Crippen LogP contribution in [0.25, 0.3) is 0 Å². The van der Waals surface area contributed by atoms with Gasteiger partial charge >= 0.3 is 0 Å². The van der Waals surface area contributed by atoms with Crippen LogP contribution in [-0.4, -0.2) is 22.4 Å². The van der Waals surface area contributed by atoms with E-state index in [1.165, 1.54) is 0 Å². The third-order valence-electron chi connectivity index (χ3n) is 10.5. The second-order valence-corrected chi connectivity index (χ2v) is 15.7. The first-order chi connectivity index (χ1) is 22.7. The van der Waals surface area contributed by atoms with Gasteiger partial charge in [0, 0.05) is 70.5 Å². The zero-order valence-corrected chi connectivity index (χ0v) is 27.5. The minimum absolute atomic E-state index is 0.00793. The fourth-order valence-corrected chi connectivity index (χ4v) is 8.04. The van der Waals surface area contributed by atoms with E-state index in [9.17, 15) is 20.2 Å². The Labute approximate surface area is 276 Å². The number of rotatable bonds is 2. The Morgan fingerprint density at radius 3 is 1.15 bits per heavy atom. The first kappa shape index (κ1) is 29.1. The van der Waals surface area contributed by atoms with Gasteiger partial charge in [-0.2, -0.15) is 0 Å². The smallest absolute Gasteiger partial charge is 0.270 e. The highest BCUT2D eigenvalue weighted by Gasteiger charge is 2.50. The lowest BCUT2D eigenvalue weighted by Gasteiger charge is -2.24. The predicted octanol–water partition coefficient (Wildman–Crippen LogP) is 8.08. The van der Waals surface area contributed by atoms with Gasteiger partial charge in [-0.25, -0.2) is 0 Å². The van der Waals surface area contributed by atoms with E-state index in [2.05, 4.69) is 65.8 Å². The standard InChI is InChI=1S/C38H34N2O8/c1-37(2,3)21-9-17-7-19-11-23(39(41)42)16-28-30-26-14-22(38(4,5)6)10-18(32(26)46-36(30)48-33(19)28)8-20-12-24(40(43)44)15-27-29-25(13-21)31(17)45-35(29)47-34(20)27/h9-16,29-30,35-36H,7-8H2,1-6H3/t29-,30-,35+,36+/m1/s1. The lowest BCUT2D eigenvalue weighted by atomic mass is 9.80. The summed E-state index contributed by atoms with van der Waals surface area (Å²) in [5, 5.41) is 24.7. The lowest BCUT2D eigenvalue weighted by molar-refractivity contribution is -0.385. The van der Waals surface area contributed by atoms with Gasteiger partial charge < -0.3 is 18.9 Å². The van der Waals surface area contributed by atoms with Crippen molar-refractivity contribution in [3.63, 3.8) is 0 Å². The van der Waals surface area contributed by atoms with E-state index < -0.39 is 12.6 Å². The first-order valence-electron chi connectivity index (χ1n) is 16.3. The number of hydrogen-bond acceptors (Lipinski definition) is 8. The monoisotopic (exact) mass is 646 g/mol. The quantitative estimate of drug-likeness (QED) is 0.158. The summed E-state index contributed by atoms with van der Waals surface area (Å²) in [4.78, 5) is 24.0. The maximum absolute atomic E-state index is 12.4. The summed E-state index contributed by atoms with van der Waals surface area (Å²) in [6, 6.07) is 14.9. The molecule has 0 unspecified atom stereocenters. The van der Waals surface area contributed by atoms with Crippen molar-refractivity contribution in [1.82, 2.24) is 0 Å². The lowest BCUT2D eigenvalue weighted by Crippen LogP contribution is -2.20. The summed E-state index contributed by atoms with van der Waals surface area (Å²) in [5.74, 6) is 1.71. The third kappa shape index (κ3) is 4.04. The Kier molecular flexibility index (Phi) is 5.61. The zero-order valence-electron chi connectivity index (χ0n) is 27.5. The topological polar surface area (TPSA) is 123 Å². The molecule has 244 valence electrons. The van der Waals surface area contributed by atoms with Crippen molar-refractivity contribution in [2.75, 3.05) is 0 Å². The van der Waals surface area contributed by atoms with E-state index in [-0.39, 0.29) is 43.9 Å². The van der Waals surface area contributed by atoms with Gasteiger partial charge in [-0.1, -0.05) is 65.8 Å². The number of nitro groups is 2. The molecule has 0 fully saturated rings. The number of nitrogens with zero attached hydrogens (tertiary/aromatic N) is 2. The van der Waals surface area contributed by atoms with Crippen molar-refractivity contribution in [3.05, 3.63) is 124 Å². The summed E-state index contributed by atoms with van der Waals surface area (Å²) in [6.07, 6.45) is -0.804. The van der Waals surface area contributed by atoms with Crippen LogP contribution in [0.4, 0.5) is 11.4 Å². The molecule has 6 heterocycles. The molecule has 0 saturated carbocycles. The Hall–Kier alpha value is -5.12. The number of hydrogen-bond donors (Lipinski definition) is 0. The summed E-state index contributed by atoms with van der Waals surface area (Å²) < 4.78 is 26.4. The van der Waals surface area contributed by atoms with Gasteiger partial charge in [0.25, 0.3) is 24.0 Å². The molecule has 0 aromatic heterocycles. The molecule has 16 bridgehead atoms. The molecule has 0 N–H and O–H groups in total. The van der Waals surface area contributed by atoms with E-state index in [0.717, 1.165) is 44.5 Å². The Balaban J connectivity index is 1.38. The molecular weight excluding hydrogens is 612 g/mol. The van der Waals surface area contributed by atoms with Crippen molar-refractivity contribution >= 4 is 11.4 Å². The minimum Gasteiger partial charge on any atom is -0.453 e. The molecule has 0 spiro atoms. The van der Waals surface area contributed by atoms with Crippen molar-refractivity contribution in [2.24, 2.45) is 0 Å². The van der Waals surface area contributed by atoms with Crippen LogP contribution >= 0.6 is 0 Å². The van der Waals surface area contributed by atoms with Crippen LogP contribution in [0.5, 0.6) is 23.0 Å². The van der Waals surface area contributed by atoms with Crippen molar-refractivity contribution < 1.29 is 28.8 Å². The average molecular weight is 647 g/mol. The SMILES string of the molecule is CC(C)(C)c1cc2c3c(c1)[C@@H]1c4cc([N+](=O)[O-])cc(c4O[C@@H]1O3)Cc1cc(C(C)(C)C)cc3c1O[C@H]1Oc4c(cc([N+](=O)[O-])cc4[C@@H]31)C2. The predicted molar refractivity (Wildman–Crippen MR) is 176 cm³/mol. The fourth-order valence-electron chi connectivity index (χ4n) is 8.04. The minimum atomic E-state index is -0.710. The molecule has 0 amide bonds. The van der Waals surface area contributed by atoms with Gasteiger partial charge in [0.05, 0.1) is 21.7 Å². The van der Waals surface area contributed by atoms with Gasteiger partial charge in [0.15, 0.2) is 0 Å². The highest BCUT2D eigenvalue weighted by Crippen LogP contribution is 2.58. The van der Waals surface area contributed by atoms with Crippen LogP contribution in [0.2, 0.25) is 0 Å². The third-order valence-corrected chi connectivity index (χ3v) is 10.5. The molecule has 0 radical (unpaired) electrons. The van der Waals surface area contributed by atoms with E-state index in [0.29, 0.717) is 47.0 Å². The second-order valence-electron chi connectivity index (χ2n) is 15.7. The Morgan fingerprint density at radius 2 is 0.833 bits per heavy atom. The Bertz CT molecular complexity index is 2000. The molecule has 6 aliphatic heterocycles. The maximum atomic E-state index is 12.4. The summed E-state index contributed by atoms with van der Waals surface area (Å²) in [5.41, 5.74) is 7.88.